The Kier molecular flexibility index (Phi) is 1.76. The van der Waals surface area contributed by atoms with E-state index in [1.165, 1.54) is 16.7 Å². The minimum Gasteiger partial charge on any atom is -0.491 e. The number of halogens is 1. The largest absolute Gasteiger partial charge is 0.491 e. The highest BCUT2D eigenvalue weighted by atomic mass is 35.5. The molecule has 0 saturated carbocycles. The lowest BCUT2D eigenvalue weighted by Gasteiger charge is -2.07. The summed E-state index contributed by atoms with van der Waals surface area (Å²) in [7, 11) is 0. The van der Waals surface area contributed by atoms with Gasteiger partial charge in [-0.15, -0.1) is 0 Å². The maximum atomic E-state index is 6.02. The van der Waals surface area contributed by atoms with Gasteiger partial charge in [-0.25, -0.2) is 0 Å². The molecule has 0 amide bonds. The van der Waals surface area contributed by atoms with Crippen molar-refractivity contribution in [3.05, 3.63) is 27.8 Å². The Balaban J connectivity index is 2.69. The van der Waals surface area contributed by atoms with Crippen LogP contribution in [0.3, 0.4) is 0 Å². The zero-order valence-corrected chi connectivity index (χ0v) is 8.03. The van der Waals surface area contributed by atoms with Crippen LogP contribution in [0.4, 0.5) is 0 Å². The molecule has 0 aromatic heterocycles. The molecule has 64 valence electrons. The monoisotopic (exact) mass is 182 g/mol. The Hall–Kier alpha value is -0.690. The van der Waals surface area contributed by atoms with Crippen LogP contribution in [-0.2, 0) is 6.42 Å². The van der Waals surface area contributed by atoms with E-state index in [0.29, 0.717) is 0 Å². The molecule has 0 unspecified atom stereocenters. The highest BCUT2D eigenvalue weighted by Crippen LogP contribution is 2.37. The highest BCUT2D eigenvalue weighted by molar-refractivity contribution is 6.32. The van der Waals surface area contributed by atoms with Gasteiger partial charge in [0.05, 0.1) is 11.6 Å². The van der Waals surface area contributed by atoms with Crippen LogP contribution in [0.1, 0.15) is 16.7 Å². The predicted molar refractivity (Wildman–Crippen MR) is 50.1 cm³/mol. The van der Waals surface area contributed by atoms with E-state index in [2.05, 4.69) is 13.8 Å². The standard InChI is InChI=1S/C10H11ClO/c1-6-5-9(11)10-8(7(6)2)3-4-12-10/h5H,3-4H2,1-2H3. The third-order valence-corrected chi connectivity index (χ3v) is 2.76. The van der Waals surface area contributed by atoms with Gasteiger partial charge in [-0.05, 0) is 31.0 Å². The van der Waals surface area contributed by atoms with Gasteiger partial charge in [0.2, 0.25) is 0 Å². The van der Waals surface area contributed by atoms with Crippen LogP contribution in [0.25, 0.3) is 0 Å². The first kappa shape index (κ1) is 7.93. The number of ether oxygens (including phenoxy) is 1. The van der Waals surface area contributed by atoms with Gasteiger partial charge in [-0.1, -0.05) is 11.6 Å². The molecule has 0 fully saturated rings. The van der Waals surface area contributed by atoms with Gasteiger partial charge in [-0.3, -0.25) is 0 Å². The first-order valence-corrected chi connectivity index (χ1v) is 4.49. The predicted octanol–water partition coefficient (Wildman–Crippen LogP) is 2.89. The van der Waals surface area contributed by atoms with E-state index in [1.807, 2.05) is 6.07 Å². The molecule has 0 aliphatic carbocycles. The lowest BCUT2D eigenvalue weighted by molar-refractivity contribution is 0.357. The average Bonchev–Trinajstić information content (AvgIpc) is 2.48. The molecule has 0 saturated heterocycles. The minimum absolute atomic E-state index is 0.755. The van der Waals surface area contributed by atoms with Crippen molar-refractivity contribution in [1.29, 1.82) is 0 Å². The van der Waals surface area contributed by atoms with Gasteiger partial charge in [-0.2, -0.15) is 0 Å². The summed E-state index contributed by atoms with van der Waals surface area (Å²) in [6, 6.07) is 1.97. The van der Waals surface area contributed by atoms with Crippen LogP contribution in [0.15, 0.2) is 6.07 Å². The molecule has 2 heteroatoms. The SMILES string of the molecule is Cc1cc(Cl)c2c(c1C)CCO2. The third kappa shape index (κ3) is 1.00. The Morgan fingerprint density at radius 3 is 2.92 bits per heavy atom. The summed E-state index contributed by atoms with van der Waals surface area (Å²) in [4.78, 5) is 0. The van der Waals surface area contributed by atoms with Crippen LogP contribution in [0.2, 0.25) is 5.02 Å². The zero-order chi connectivity index (χ0) is 8.72. The molecule has 1 aliphatic rings. The lowest BCUT2D eigenvalue weighted by atomic mass is 10.0. The smallest absolute Gasteiger partial charge is 0.141 e. The van der Waals surface area contributed by atoms with Gasteiger partial charge in [0.15, 0.2) is 0 Å². The number of hydrogen-bond acceptors (Lipinski definition) is 1. The van der Waals surface area contributed by atoms with Gasteiger partial charge in [0.1, 0.15) is 5.75 Å². The van der Waals surface area contributed by atoms with Gasteiger partial charge < -0.3 is 4.74 Å². The lowest BCUT2D eigenvalue weighted by Crippen LogP contribution is -1.88. The Morgan fingerprint density at radius 2 is 2.17 bits per heavy atom. The second-order valence-corrected chi connectivity index (χ2v) is 3.61. The number of rotatable bonds is 0. The summed E-state index contributed by atoms with van der Waals surface area (Å²) in [6.07, 6.45) is 1.00. The number of fused-ring (bicyclic) bond motifs is 1. The highest BCUT2D eigenvalue weighted by Gasteiger charge is 2.18. The number of aryl methyl sites for hydroxylation is 1. The molecular weight excluding hydrogens is 172 g/mol. The molecule has 0 radical (unpaired) electrons. The van der Waals surface area contributed by atoms with Crippen LogP contribution >= 0.6 is 11.6 Å². The fraction of sp³-hybridized carbons (Fsp3) is 0.400. The van der Waals surface area contributed by atoms with E-state index < -0.39 is 0 Å². The molecule has 2 rings (SSSR count). The maximum Gasteiger partial charge on any atom is 0.141 e. The van der Waals surface area contributed by atoms with Crippen LogP contribution < -0.4 is 4.74 Å². The summed E-state index contributed by atoms with van der Waals surface area (Å²) in [5.41, 5.74) is 3.87. The van der Waals surface area contributed by atoms with Gasteiger partial charge in [0.25, 0.3) is 0 Å². The number of benzene rings is 1. The van der Waals surface area contributed by atoms with Crippen molar-refractivity contribution in [3.8, 4) is 5.75 Å². The molecular formula is C10H11ClO. The van der Waals surface area contributed by atoms with Crippen molar-refractivity contribution in [2.45, 2.75) is 20.3 Å². The molecule has 12 heavy (non-hydrogen) atoms. The first-order valence-electron chi connectivity index (χ1n) is 4.11. The average molecular weight is 183 g/mol. The molecule has 0 bridgehead atoms. The van der Waals surface area contributed by atoms with E-state index >= 15 is 0 Å². The summed E-state index contributed by atoms with van der Waals surface area (Å²) in [5.74, 6) is 0.903. The first-order chi connectivity index (χ1) is 5.70. The maximum absolute atomic E-state index is 6.02. The molecule has 0 spiro atoms. The van der Waals surface area contributed by atoms with Crippen molar-refractivity contribution < 1.29 is 4.74 Å². The van der Waals surface area contributed by atoms with E-state index in [4.69, 9.17) is 16.3 Å². The molecule has 0 N–H and O–H groups in total. The third-order valence-electron chi connectivity index (χ3n) is 2.48. The number of hydrogen-bond donors (Lipinski definition) is 0. The quantitative estimate of drug-likeness (QED) is 0.600. The van der Waals surface area contributed by atoms with Crippen molar-refractivity contribution in [1.82, 2.24) is 0 Å². The zero-order valence-electron chi connectivity index (χ0n) is 7.28. The summed E-state index contributed by atoms with van der Waals surface area (Å²) < 4.78 is 5.43. The van der Waals surface area contributed by atoms with Gasteiger partial charge in [0, 0.05) is 12.0 Å². The van der Waals surface area contributed by atoms with Crippen molar-refractivity contribution >= 4 is 11.6 Å². The minimum atomic E-state index is 0.755. The van der Waals surface area contributed by atoms with E-state index in [9.17, 15) is 0 Å². The molecule has 1 nitrogen and oxygen atoms in total. The molecule has 1 aliphatic heterocycles. The summed E-state index contributed by atoms with van der Waals surface area (Å²) >= 11 is 6.02. The van der Waals surface area contributed by atoms with Gasteiger partial charge >= 0.3 is 0 Å². The van der Waals surface area contributed by atoms with E-state index in [1.54, 1.807) is 0 Å². The normalized spacial score (nSPS) is 14.2. The van der Waals surface area contributed by atoms with Crippen molar-refractivity contribution in [2.75, 3.05) is 6.61 Å². The second-order valence-electron chi connectivity index (χ2n) is 3.21. The van der Waals surface area contributed by atoms with Crippen molar-refractivity contribution in [3.63, 3.8) is 0 Å². The fourth-order valence-corrected chi connectivity index (χ4v) is 1.96. The van der Waals surface area contributed by atoms with Crippen LogP contribution in [0, 0.1) is 13.8 Å². The molecule has 1 aromatic carbocycles. The van der Waals surface area contributed by atoms with Crippen LogP contribution in [-0.4, -0.2) is 6.61 Å². The second kappa shape index (κ2) is 2.67. The topological polar surface area (TPSA) is 9.23 Å². The Bertz CT molecular complexity index is 331. The van der Waals surface area contributed by atoms with E-state index in [0.717, 1.165) is 23.8 Å². The van der Waals surface area contributed by atoms with Crippen molar-refractivity contribution in [2.24, 2.45) is 0 Å². The molecule has 1 heterocycles. The summed E-state index contributed by atoms with van der Waals surface area (Å²) in [5, 5.41) is 0.755. The molecule has 0 atom stereocenters. The summed E-state index contributed by atoms with van der Waals surface area (Å²) in [6.45, 7) is 4.98. The Morgan fingerprint density at radius 1 is 1.42 bits per heavy atom. The molecule has 1 aromatic rings. The van der Waals surface area contributed by atoms with Crippen LogP contribution in [0.5, 0.6) is 5.75 Å². The van der Waals surface area contributed by atoms with E-state index in [-0.39, 0.29) is 0 Å². The fourth-order valence-electron chi connectivity index (χ4n) is 1.63. The Labute approximate surface area is 77.3 Å².